The quantitative estimate of drug-likeness (QED) is 0.859. The zero-order valence-corrected chi connectivity index (χ0v) is 12.8. The topological polar surface area (TPSA) is 55.4 Å². The lowest BCUT2D eigenvalue weighted by Crippen LogP contribution is -2.32. The zero-order valence-electron chi connectivity index (χ0n) is 12.8. The molecule has 0 atom stereocenters. The first kappa shape index (κ1) is 18.0. The van der Waals surface area contributed by atoms with Crippen LogP contribution in [0.5, 0.6) is 0 Å². The molecule has 0 aliphatic heterocycles. The molecular formula is C15H18F3NO3. The first-order valence-electron chi connectivity index (χ1n) is 6.57. The van der Waals surface area contributed by atoms with Gasteiger partial charge in [0.2, 0.25) is 0 Å². The predicted molar refractivity (Wildman–Crippen MR) is 74.5 cm³/mol. The van der Waals surface area contributed by atoms with Crippen LogP contribution in [0, 0.1) is 0 Å². The third kappa shape index (κ3) is 5.75. The van der Waals surface area contributed by atoms with Gasteiger partial charge in [0.1, 0.15) is 5.60 Å². The van der Waals surface area contributed by atoms with Gasteiger partial charge in [0.05, 0.1) is 5.56 Å². The van der Waals surface area contributed by atoms with Crippen molar-refractivity contribution in [1.29, 1.82) is 0 Å². The number of benzene rings is 1. The largest absolute Gasteiger partial charge is 0.444 e. The average molecular weight is 317 g/mol. The third-order valence-electron chi connectivity index (χ3n) is 2.56. The summed E-state index contributed by atoms with van der Waals surface area (Å²) in [5.74, 6) is -0.482. The van der Waals surface area contributed by atoms with Crippen LogP contribution in [-0.2, 0) is 17.5 Å². The molecule has 1 aromatic rings. The van der Waals surface area contributed by atoms with E-state index in [0.717, 1.165) is 12.1 Å². The number of alkyl halides is 3. The molecule has 0 aromatic heterocycles. The van der Waals surface area contributed by atoms with Crippen LogP contribution in [0.25, 0.3) is 0 Å². The number of hydrogen-bond donors (Lipinski definition) is 1. The molecule has 0 spiro atoms. The van der Waals surface area contributed by atoms with Gasteiger partial charge in [-0.3, -0.25) is 4.79 Å². The van der Waals surface area contributed by atoms with Gasteiger partial charge in [-0.05, 0) is 51.5 Å². The molecule has 1 N–H and O–H groups in total. The summed E-state index contributed by atoms with van der Waals surface area (Å²) in [5, 5.41) is 2.36. The lowest BCUT2D eigenvalue weighted by atomic mass is 10.0. The molecule has 22 heavy (non-hydrogen) atoms. The van der Waals surface area contributed by atoms with Gasteiger partial charge in [0.15, 0.2) is 5.78 Å². The fourth-order valence-corrected chi connectivity index (χ4v) is 1.65. The van der Waals surface area contributed by atoms with Gasteiger partial charge in [-0.2, -0.15) is 13.2 Å². The molecular weight excluding hydrogens is 299 g/mol. The Kier molecular flexibility index (Phi) is 5.22. The summed E-state index contributed by atoms with van der Waals surface area (Å²) >= 11 is 0. The zero-order chi connectivity index (χ0) is 17.1. The van der Waals surface area contributed by atoms with E-state index < -0.39 is 29.2 Å². The van der Waals surface area contributed by atoms with E-state index in [4.69, 9.17) is 4.74 Å². The summed E-state index contributed by atoms with van der Waals surface area (Å²) in [4.78, 5) is 22.8. The summed E-state index contributed by atoms with van der Waals surface area (Å²) < 4.78 is 43.4. The van der Waals surface area contributed by atoms with Crippen LogP contribution in [0.3, 0.4) is 0 Å². The Morgan fingerprint density at radius 3 is 2.18 bits per heavy atom. The second-order valence-electron chi connectivity index (χ2n) is 5.83. The van der Waals surface area contributed by atoms with Crippen molar-refractivity contribution in [2.45, 2.75) is 46.0 Å². The maximum atomic E-state index is 12.8. The van der Waals surface area contributed by atoms with Crippen LogP contribution in [0.2, 0.25) is 0 Å². The number of alkyl carbamates (subject to hydrolysis) is 1. The monoisotopic (exact) mass is 317 g/mol. The molecule has 7 heteroatoms. The highest BCUT2D eigenvalue weighted by molar-refractivity contribution is 5.94. The first-order chi connectivity index (χ1) is 9.88. The first-order valence-corrected chi connectivity index (χ1v) is 6.57. The Balaban J connectivity index is 2.93. The number of carbonyl (C=O) groups excluding carboxylic acids is 2. The molecule has 1 amide bonds. The van der Waals surface area contributed by atoms with E-state index in [1.54, 1.807) is 20.8 Å². The van der Waals surface area contributed by atoms with Crippen LogP contribution in [0.1, 0.15) is 49.2 Å². The molecule has 1 rings (SSSR count). The molecule has 0 aliphatic rings. The van der Waals surface area contributed by atoms with Crippen molar-refractivity contribution in [2.24, 2.45) is 0 Å². The Morgan fingerprint density at radius 2 is 1.73 bits per heavy atom. The molecule has 0 aliphatic carbocycles. The van der Waals surface area contributed by atoms with Gasteiger partial charge in [-0.25, -0.2) is 4.79 Å². The lowest BCUT2D eigenvalue weighted by molar-refractivity contribution is -0.137. The maximum Gasteiger partial charge on any atom is 0.416 e. The molecule has 4 nitrogen and oxygen atoms in total. The number of amides is 1. The minimum atomic E-state index is -4.56. The van der Waals surface area contributed by atoms with Gasteiger partial charge in [-0.1, -0.05) is 0 Å². The Morgan fingerprint density at radius 1 is 1.14 bits per heavy atom. The van der Waals surface area contributed by atoms with Crippen molar-refractivity contribution in [3.05, 3.63) is 34.9 Å². The van der Waals surface area contributed by atoms with Crippen molar-refractivity contribution in [3.63, 3.8) is 0 Å². The number of rotatable bonds is 3. The highest BCUT2D eigenvalue weighted by Crippen LogP contribution is 2.30. The van der Waals surface area contributed by atoms with Crippen molar-refractivity contribution < 1.29 is 27.5 Å². The average Bonchev–Trinajstić information content (AvgIpc) is 2.33. The molecule has 0 saturated carbocycles. The van der Waals surface area contributed by atoms with Crippen LogP contribution in [0.15, 0.2) is 18.2 Å². The summed E-state index contributed by atoms with van der Waals surface area (Å²) in [6.07, 6.45) is -5.30. The van der Waals surface area contributed by atoms with Crippen LogP contribution in [0.4, 0.5) is 18.0 Å². The third-order valence-corrected chi connectivity index (χ3v) is 2.56. The number of Topliss-reactive ketones (excluding diaryl/α,β-unsaturated/α-hetero) is 1. The number of ether oxygens (including phenoxy) is 1. The van der Waals surface area contributed by atoms with Gasteiger partial charge < -0.3 is 10.1 Å². The fraction of sp³-hybridized carbons (Fsp3) is 0.467. The van der Waals surface area contributed by atoms with E-state index >= 15 is 0 Å². The molecule has 0 heterocycles. The highest BCUT2D eigenvalue weighted by Gasteiger charge is 2.31. The normalized spacial score (nSPS) is 12.0. The Labute approximate surface area is 126 Å². The molecule has 0 bridgehead atoms. The molecule has 0 unspecified atom stereocenters. The van der Waals surface area contributed by atoms with Crippen molar-refractivity contribution in [2.75, 3.05) is 0 Å². The summed E-state index contributed by atoms with van der Waals surface area (Å²) in [6.45, 7) is 6.03. The predicted octanol–water partition coefficient (Wildman–Crippen LogP) is 3.93. The standard InChI is InChI=1S/C15H18F3NO3/c1-9(20)11-5-10(6-12(7-11)15(16,17)18)8-19-13(21)22-14(2,3)4/h5-7H,8H2,1-4H3,(H,19,21). The Bertz CT molecular complexity index is 574. The molecule has 0 saturated heterocycles. The van der Waals surface area contributed by atoms with Crippen LogP contribution >= 0.6 is 0 Å². The van der Waals surface area contributed by atoms with Crippen molar-refractivity contribution in [1.82, 2.24) is 5.32 Å². The second kappa shape index (κ2) is 6.37. The van der Waals surface area contributed by atoms with E-state index in [-0.39, 0.29) is 17.7 Å². The summed E-state index contributed by atoms with van der Waals surface area (Å²) in [7, 11) is 0. The number of hydrogen-bond acceptors (Lipinski definition) is 3. The molecule has 0 fully saturated rings. The minimum absolute atomic E-state index is 0.0594. The van der Waals surface area contributed by atoms with Gasteiger partial charge in [-0.15, -0.1) is 0 Å². The van der Waals surface area contributed by atoms with Crippen LogP contribution in [-0.4, -0.2) is 17.5 Å². The summed E-state index contributed by atoms with van der Waals surface area (Å²) in [5.41, 5.74) is -1.52. The fourth-order valence-electron chi connectivity index (χ4n) is 1.65. The van der Waals surface area contributed by atoms with E-state index in [2.05, 4.69) is 5.32 Å². The maximum absolute atomic E-state index is 12.8. The minimum Gasteiger partial charge on any atom is -0.444 e. The van der Waals surface area contributed by atoms with Gasteiger partial charge >= 0.3 is 12.3 Å². The number of halogens is 3. The van der Waals surface area contributed by atoms with E-state index in [1.807, 2.05) is 0 Å². The number of carbonyl (C=O) groups is 2. The van der Waals surface area contributed by atoms with E-state index in [0.29, 0.717) is 0 Å². The smallest absolute Gasteiger partial charge is 0.416 e. The lowest BCUT2D eigenvalue weighted by Gasteiger charge is -2.20. The number of nitrogens with one attached hydrogen (secondary N) is 1. The molecule has 1 aromatic carbocycles. The van der Waals surface area contributed by atoms with Crippen LogP contribution < -0.4 is 5.32 Å². The SMILES string of the molecule is CC(=O)c1cc(CNC(=O)OC(C)(C)C)cc(C(F)(F)F)c1. The Hall–Kier alpha value is -2.05. The van der Waals surface area contributed by atoms with Gasteiger partial charge in [0, 0.05) is 12.1 Å². The highest BCUT2D eigenvalue weighted by atomic mass is 19.4. The molecule has 122 valence electrons. The van der Waals surface area contributed by atoms with Crippen molar-refractivity contribution in [3.8, 4) is 0 Å². The summed E-state index contributed by atoms with van der Waals surface area (Å²) in [6, 6.07) is 3.00. The van der Waals surface area contributed by atoms with Gasteiger partial charge in [0.25, 0.3) is 0 Å². The molecule has 0 radical (unpaired) electrons. The van der Waals surface area contributed by atoms with E-state index in [9.17, 15) is 22.8 Å². The van der Waals surface area contributed by atoms with Crippen molar-refractivity contribution >= 4 is 11.9 Å². The number of ketones is 1. The second-order valence-corrected chi connectivity index (χ2v) is 5.83. The van der Waals surface area contributed by atoms with E-state index in [1.165, 1.54) is 13.0 Å².